The molecule has 0 aliphatic rings. The summed E-state index contributed by atoms with van der Waals surface area (Å²) in [5, 5.41) is -0.0872. The van der Waals surface area contributed by atoms with Crippen LogP contribution in [-0.4, -0.2) is 53.2 Å². The van der Waals surface area contributed by atoms with Crippen molar-refractivity contribution in [1.29, 1.82) is 0 Å². The van der Waals surface area contributed by atoms with Gasteiger partial charge in [-0.15, -0.1) is 0 Å². The van der Waals surface area contributed by atoms with Crippen LogP contribution < -0.4 is 43.8 Å². The Balaban J connectivity index is 0.00000400. The molecular weight excluding hydrogens is 541 g/mol. The maximum absolute atomic E-state index is 13.9. The average molecular weight is 567 g/mol. The van der Waals surface area contributed by atoms with Crippen molar-refractivity contribution in [3.63, 3.8) is 0 Å². The van der Waals surface area contributed by atoms with Gasteiger partial charge < -0.3 is 14.2 Å². The third-order valence-electron chi connectivity index (χ3n) is 5.54. The minimum Gasteiger partial charge on any atom is -0.497 e. The second-order valence-electron chi connectivity index (χ2n) is 8.15. The molecule has 2 aromatic heterocycles. The number of rotatable bonds is 9. The van der Waals surface area contributed by atoms with Gasteiger partial charge in [0.2, 0.25) is 5.16 Å². The van der Waals surface area contributed by atoms with E-state index in [0.29, 0.717) is 22.8 Å². The van der Waals surface area contributed by atoms with Gasteiger partial charge in [-0.2, -0.15) is 0 Å². The Kier molecular flexibility index (Phi) is 9.37. The summed E-state index contributed by atoms with van der Waals surface area (Å²) in [6.45, 7) is 4.77. The fourth-order valence-electron chi connectivity index (χ4n) is 3.78. The van der Waals surface area contributed by atoms with Gasteiger partial charge >= 0.3 is 29.6 Å². The number of hydrogen-bond acceptors (Lipinski definition) is 9. The predicted molar refractivity (Wildman–Crippen MR) is 136 cm³/mol. The van der Waals surface area contributed by atoms with Crippen LogP contribution in [0.3, 0.4) is 0 Å². The monoisotopic (exact) mass is 566 g/mol. The Morgan fingerprint density at radius 3 is 2.29 bits per heavy atom. The van der Waals surface area contributed by atoms with Gasteiger partial charge in [-0.05, 0) is 57.2 Å². The summed E-state index contributed by atoms with van der Waals surface area (Å²) < 4.78 is 58.6. The number of nitrogens with zero attached hydrogens (tertiary/aromatic N) is 3. The zero-order valence-corrected chi connectivity index (χ0v) is 25.5. The molecule has 0 bridgehead atoms. The third kappa shape index (κ3) is 5.64. The van der Waals surface area contributed by atoms with E-state index >= 15 is 0 Å². The van der Waals surface area contributed by atoms with E-state index in [4.69, 9.17) is 14.2 Å². The molecule has 0 aliphatic heterocycles. The molecule has 4 rings (SSSR count). The molecule has 13 heteroatoms. The van der Waals surface area contributed by atoms with E-state index in [1.165, 1.54) is 51.6 Å². The second kappa shape index (κ2) is 12.0. The van der Waals surface area contributed by atoms with Crippen LogP contribution in [0.15, 0.2) is 63.7 Å². The summed E-state index contributed by atoms with van der Waals surface area (Å²) >= 11 is 0. The Morgan fingerprint density at radius 2 is 1.68 bits per heavy atom. The smallest absolute Gasteiger partial charge is 0.497 e. The van der Waals surface area contributed by atoms with Crippen LogP contribution in [0.1, 0.15) is 18.1 Å². The number of hydrogen-bond donors (Lipinski definition) is 0. The van der Waals surface area contributed by atoms with Crippen molar-refractivity contribution in [3.8, 4) is 17.2 Å². The molecule has 0 amide bonds. The van der Waals surface area contributed by atoms with Gasteiger partial charge in [0, 0.05) is 23.4 Å². The first-order valence-electron chi connectivity index (χ1n) is 11.0. The van der Waals surface area contributed by atoms with Gasteiger partial charge in [0.05, 0.1) is 30.1 Å². The molecule has 1 atom stereocenters. The third-order valence-corrected chi connectivity index (χ3v) is 8.74. The fraction of sp³-hybridized carbons (Fsp3) is 0.240. The first-order valence-corrected chi connectivity index (χ1v) is 13.6. The Labute approximate surface area is 245 Å². The van der Waals surface area contributed by atoms with E-state index in [9.17, 15) is 17.4 Å². The minimum absolute atomic E-state index is 0. The van der Waals surface area contributed by atoms with Crippen LogP contribution >= 0.6 is 0 Å². The normalized spacial score (nSPS) is 12.0. The standard InChI is InChI=1S/C25H25N3O7S2.Na/c1-15-13-26-24(17(3)23(15)34-5)36(30)25-27-21-12-19(33-4)8-11-22(21)28(25)37(31,32)20-9-6-18(7-10-20)35-14-16(2)29;/h6-13H,14H2,1-5H3;/q;+1. The van der Waals surface area contributed by atoms with Crippen molar-refractivity contribution >= 4 is 37.6 Å². The van der Waals surface area contributed by atoms with E-state index < -0.39 is 20.8 Å². The number of ketones is 1. The average Bonchev–Trinajstić information content (AvgIpc) is 3.27. The summed E-state index contributed by atoms with van der Waals surface area (Å²) in [7, 11) is -3.38. The quantitative estimate of drug-likeness (QED) is 0.265. The van der Waals surface area contributed by atoms with E-state index in [2.05, 4.69) is 9.97 Å². The van der Waals surface area contributed by atoms with Crippen LogP contribution in [0.4, 0.5) is 0 Å². The summed E-state index contributed by atoms with van der Waals surface area (Å²) in [6, 6.07) is 10.3. The maximum atomic E-state index is 13.9. The summed E-state index contributed by atoms with van der Waals surface area (Å²) in [5.74, 6) is 1.14. The number of benzene rings is 2. The predicted octanol–water partition coefficient (Wildman–Crippen LogP) is 0.441. The van der Waals surface area contributed by atoms with Crippen LogP contribution in [0.25, 0.3) is 11.0 Å². The molecule has 0 saturated heterocycles. The number of imidazole rings is 1. The van der Waals surface area contributed by atoms with Gasteiger partial charge in [0.25, 0.3) is 10.0 Å². The maximum Gasteiger partial charge on any atom is 1.00 e. The van der Waals surface area contributed by atoms with Crippen molar-refractivity contribution < 1.29 is 61.2 Å². The molecule has 0 N–H and O–H groups in total. The molecule has 0 fully saturated rings. The van der Waals surface area contributed by atoms with Crippen molar-refractivity contribution in [2.75, 3.05) is 20.8 Å². The number of Topliss-reactive ketones (excluding diaryl/α,β-unsaturated/α-hetero) is 1. The molecule has 2 aromatic carbocycles. The minimum atomic E-state index is -4.27. The number of ether oxygens (including phenoxy) is 3. The van der Waals surface area contributed by atoms with Crippen LogP contribution in [0.5, 0.6) is 17.2 Å². The number of aryl methyl sites for hydroxylation is 1. The van der Waals surface area contributed by atoms with Crippen LogP contribution in [0.2, 0.25) is 0 Å². The topological polar surface area (TPSA) is 127 Å². The van der Waals surface area contributed by atoms with Crippen molar-refractivity contribution in [1.82, 2.24) is 13.9 Å². The Bertz CT molecular complexity index is 1640. The molecule has 1 unspecified atom stereocenters. The first kappa shape index (κ1) is 29.8. The van der Waals surface area contributed by atoms with Gasteiger partial charge in [-0.1, -0.05) is 0 Å². The first-order chi connectivity index (χ1) is 17.6. The Morgan fingerprint density at radius 1 is 1.03 bits per heavy atom. The SMILES string of the molecule is COc1ccc2c(c1)nc(S(=O)c1ncc(C)c(OC)c1C)n2S(=O)(=O)c1ccc(OCC(C)=O)cc1.[Na+]. The molecule has 2 heterocycles. The number of methoxy groups -OCH3 is 2. The van der Waals surface area contributed by atoms with Gasteiger partial charge in [-0.25, -0.2) is 26.6 Å². The van der Waals surface area contributed by atoms with Crippen molar-refractivity contribution in [2.24, 2.45) is 0 Å². The number of carbonyl (C=O) groups is 1. The van der Waals surface area contributed by atoms with E-state index in [1.807, 2.05) is 0 Å². The zero-order chi connectivity index (χ0) is 26.9. The van der Waals surface area contributed by atoms with Crippen molar-refractivity contribution in [3.05, 3.63) is 59.8 Å². The molecule has 10 nitrogen and oxygen atoms in total. The summed E-state index contributed by atoms with van der Waals surface area (Å²) in [5.41, 5.74) is 1.77. The molecule has 0 spiro atoms. The fourth-order valence-corrected chi connectivity index (χ4v) is 6.75. The van der Waals surface area contributed by atoms with E-state index in [0.717, 1.165) is 9.54 Å². The largest absolute Gasteiger partial charge is 1.00 e. The van der Waals surface area contributed by atoms with Gasteiger partial charge in [0.1, 0.15) is 39.7 Å². The molecule has 0 radical (unpaired) electrons. The molecule has 38 heavy (non-hydrogen) atoms. The Hall–Kier alpha value is -2.77. The molecular formula is C25H25N3NaO7S2+. The second-order valence-corrected chi connectivity index (χ2v) is 11.2. The number of pyridine rings is 1. The summed E-state index contributed by atoms with van der Waals surface area (Å²) in [4.78, 5) is 19.9. The number of aromatic nitrogens is 3. The molecule has 4 aromatic rings. The molecule has 0 saturated carbocycles. The van der Waals surface area contributed by atoms with Crippen molar-refractivity contribution in [2.45, 2.75) is 35.8 Å². The van der Waals surface area contributed by atoms with Gasteiger partial charge in [0.15, 0.2) is 5.78 Å². The summed E-state index contributed by atoms with van der Waals surface area (Å²) in [6.07, 6.45) is 1.52. The van der Waals surface area contributed by atoms with E-state index in [-0.39, 0.29) is 68.1 Å². The number of carbonyl (C=O) groups excluding carboxylic acids is 1. The van der Waals surface area contributed by atoms with Gasteiger partial charge in [-0.3, -0.25) is 4.79 Å². The molecule has 194 valence electrons. The van der Waals surface area contributed by atoms with Crippen LogP contribution in [0, 0.1) is 13.8 Å². The molecule has 0 aliphatic carbocycles. The zero-order valence-electron chi connectivity index (χ0n) is 21.8. The van der Waals surface area contributed by atoms with E-state index in [1.54, 1.807) is 32.0 Å². The van der Waals surface area contributed by atoms with Crippen LogP contribution in [-0.2, 0) is 25.6 Å². The number of fused-ring (bicyclic) bond motifs is 1.